The first kappa shape index (κ1) is 24.1. The van der Waals surface area contributed by atoms with E-state index in [9.17, 15) is 14.0 Å². The van der Waals surface area contributed by atoms with E-state index in [0.717, 1.165) is 0 Å². The molecule has 2 atom stereocenters. The molecule has 0 spiro atoms. The van der Waals surface area contributed by atoms with Crippen molar-refractivity contribution < 1.29 is 37.1 Å². The SMILES string of the molecule is CNO[C@@H](Cn1cnc2c(N)nc(F)nc21)[C@@](C)(COC(=O)OCc1oc(=O)oc1C)OC. The van der Waals surface area contributed by atoms with Gasteiger partial charge in [-0.05, 0) is 13.8 Å². The van der Waals surface area contributed by atoms with Crippen LogP contribution in [0, 0.1) is 13.0 Å². The van der Waals surface area contributed by atoms with E-state index in [1.54, 1.807) is 6.92 Å². The molecule has 0 bridgehead atoms. The Morgan fingerprint density at radius 1 is 1.36 bits per heavy atom. The number of rotatable bonds is 10. The number of aryl methyl sites for hydroxylation is 1. The smallest absolute Gasteiger partial charge is 0.431 e. The summed E-state index contributed by atoms with van der Waals surface area (Å²) in [6, 6.07) is 0. The van der Waals surface area contributed by atoms with Crippen LogP contribution < -0.4 is 17.0 Å². The van der Waals surface area contributed by atoms with Crippen LogP contribution >= 0.6 is 0 Å². The van der Waals surface area contributed by atoms with Crippen LogP contribution in [0.5, 0.6) is 0 Å². The van der Waals surface area contributed by atoms with E-state index < -0.39 is 29.8 Å². The number of nitrogens with two attached hydrogens (primary N) is 1. The number of nitrogens with zero attached hydrogens (tertiary/aromatic N) is 4. The normalized spacial score (nSPS) is 14.2. The maximum absolute atomic E-state index is 13.7. The number of methoxy groups -OCH3 is 1. The second-order valence-corrected chi connectivity index (χ2v) is 7.04. The average molecular weight is 470 g/mol. The molecule has 3 heterocycles. The van der Waals surface area contributed by atoms with E-state index in [1.807, 2.05) is 0 Å². The van der Waals surface area contributed by atoms with Gasteiger partial charge in [-0.1, -0.05) is 0 Å². The third-order valence-electron chi connectivity index (χ3n) is 4.87. The molecule has 3 aromatic heterocycles. The lowest BCUT2D eigenvalue weighted by Crippen LogP contribution is -2.51. The Bertz CT molecular complexity index is 1180. The van der Waals surface area contributed by atoms with Crippen LogP contribution in [0.25, 0.3) is 11.2 Å². The fourth-order valence-corrected chi connectivity index (χ4v) is 2.91. The first-order valence-corrected chi connectivity index (χ1v) is 9.57. The fraction of sp³-hybridized carbons (Fsp3) is 0.500. The minimum Gasteiger partial charge on any atom is -0.431 e. The maximum atomic E-state index is 13.7. The Morgan fingerprint density at radius 3 is 2.76 bits per heavy atom. The lowest BCUT2D eigenvalue weighted by atomic mass is 9.99. The van der Waals surface area contributed by atoms with Crippen LogP contribution in [0.2, 0.25) is 0 Å². The molecule has 0 saturated carbocycles. The number of halogens is 1. The van der Waals surface area contributed by atoms with Gasteiger partial charge in [0.05, 0.1) is 12.9 Å². The first-order valence-electron chi connectivity index (χ1n) is 9.57. The molecule has 3 rings (SSSR count). The Kier molecular flexibility index (Phi) is 7.25. The third-order valence-corrected chi connectivity index (χ3v) is 4.87. The summed E-state index contributed by atoms with van der Waals surface area (Å²) in [4.78, 5) is 40.0. The second-order valence-electron chi connectivity index (χ2n) is 7.04. The molecule has 0 amide bonds. The minimum atomic E-state index is -1.20. The predicted molar refractivity (Wildman–Crippen MR) is 107 cm³/mol. The van der Waals surface area contributed by atoms with Crippen LogP contribution in [0.15, 0.2) is 20.0 Å². The van der Waals surface area contributed by atoms with Gasteiger partial charge in [-0.15, -0.1) is 0 Å². The number of hydrogen-bond donors (Lipinski definition) is 2. The van der Waals surface area contributed by atoms with E-state index in [0.29, 0.717) is 0 Å². The molecule has 0 radical (unpaired) electrons. The highest BCUT2D eigenvalue weighted by Crippen LogP contribution is 2.23. The number of ether oxygens (including phenoxy) is 3. The zero-order valence-electron chi connectivity index (χ0n) is 18.3. The fourth-order valence-electron chi connectivity index (χ4n) is 2.91. The van der Waals surface area contributed by atoms with Crippen molar-refractivity contribution in [1.29, 1.82) is 0 Å². The molecule has 0 aliphatic rings. The highest BCUT2D eigenvalue weighted by Gasteiger charge is 2.38. The molecule has 0 saturated heterocycles. The Morgan fingerprint density at radius 2 is 2.12 bits per heavy atom. The summed E-state index contributed by atoms with van der Waals surface area (Å²) < 4.78 is 40.3. The Labute approximate surface area is 185 Å². The van der Waals surface area contributed by atoms with E-state index in [1.165, 1.54) is 32.0 Å². The van der Waals surface area contributed by atoms with Crippen LogP contribution in [-0.2, 0) is 32.2 Å². The van der Waals surface area contributed by atoms with Crippen molar-refractivity contribution in [2.45, 2.75) is 38.7 Å². The van der Waals surface area contributed by atoms with Crippen molar-refractivity contribution in [3.05, 3.63) is 34.5 Å². The van der Waals surface area contributed by atoms with Gasteiger partial charge in [-0.3, -0.25) is 4.84 Å². The number of nitrogens with one attached hydrogen (secondary N) is 1. The van der Waals surface area contributed by atoms with Crippen molar-refractivity contribution in [3.8, 4) is 0 Å². The number of anilines is 1. The molecular formula is C18H23FN6O8. The molecule has 0 aromatic carbocycles. The van der Waals surface area contributed by atoms with Crippen molar-refractivity contribution in [2.24, 2.45) is 0 Å². The van der Waals surface area contributed by atoms with Gasteiger partial charge >= 0.3 is 18.1 Å². The molecule has 0 aliphatic carbocycles. The molecular weight excluding hydrogens is 447 g/mol. The van der Waals surface area contributed by atoms with Gasteiger partial charge in [0.15, 0.2) is 29.6 Å². The molecule has 0 aliphatic heterocycles. The number of imidazole rings is 1. The third kappa shape index (κ3) is 5.44. The molecule has 15 heteroatoms. The van der Waals surface area contributed by atoms with E-state index >= 15 is 0 Å². The highest BCUT2D eigenvalue weighted by molar-refractivity contribution is 5.81. The minimum absolute atomic E-state index is 0.0586. The number of fused-ring (bicyclic) bond motifs is 1. The lowest BCUT2D eigenvalue weighted by molar-refractivity contribution is -0.170. The highest BCUT2D eigenvalue weighted by atomic mass is 19.1. The molecule has 0 unspecified atom stereocenters. The number of hydrogen-bond acceptors (Lipinski definition) is 13. The van der Waals surface area contributed by atoms with E-state index in [4.69, 9.17) is 29.2 Å². The van der Waals surface area contributed by atoms with Gasteiger partial charge < -0.3 is 33.3 Å². The molecule has 3 N–H and O–H groups in total. The predicted octanol–water partition coefficient (Wildman–Crippen LogP) is 0.680. The standard InChI is InChI=1S/C18H23FN6O8/c1-9-10(32-17(27)31-9)6-29-16(26)30-7-18(2,28-4)11(33-21-3)5-25-8-22-12-13(20)23-15(19)24-14(12)25/h8,11,21H,5-7H2,1-4H3,(H2,20,23,24)/t11-,18+/m0/s1. The van der Waals surface area contributed by atoms with Gasteiger partial charge in [-0.25, -0.2) is 20.1 Å². The second kappa shape index (κ2) is 9.93. The summed E-state index contributed by atoms with van der Waals surface area (Å²) in [5.41, 5.74) is 7.44. The summed E-state index contributed by atoms with van der Waals surface area (Å²) >= 11 is 0. The maximum Gasteiger partial charge on any atom is 0.519 e. The van der Waals surface area contributed by atoms with Gasteiger partial charge in [0.1, 0.15) is 23.8 Å². The van der Waals surface area contributed by atoms with Crippen molar-refractivity contribution >= 4 is 23.1 Å². The van der Waals surface area contributed by atoms with Crippen LogP contribution in [-0.4, -0.2) is 58.1 Å². The van der Waals surface area contributed by atoms with Gasteiger partial charge in [-0.2, -0.15) is 14.4 Å². The van der Waals surface area contributed by atoms with Crippen molar-refractivity contribution in [2.75, 3.05) is 26.5 Å². The van der Waals surface area contributed by atoms with E-state index in [-0.39, 0.29) is 48.3 Å². The number of hydroxylamine groups is 1. The monoisotopic (exact) mass is 470 g/mol. The zero-order chi connectivity index (χ0) is 24.2. The average Bonchev–Trinajstić information content (AvgIpc) is 3.32. The number of nitrogen functional groups attached to an aromatic ring is 1. The molecule has 180 valence electrons. The van der Waals surface area contributed by atoms with Crippen molar-refractivity contribution in [3.63, 3.8) is 0 Å². The van der Waals surface area contributed by atoms with Crippen LogP contribution in [0.4, 0.5) is 15.0 Å². The summed E-state index contributed by atoms with van der Waals surface area (Å²) in [6.07, 6.45) is -1.43. The number of carbonyl (C=O) groups excluding carboxylic acids is 1. The van der Waals surface area contributed by atoms with E-state index in [2.05, 4.69) is 24.8 Å². The molecule has 33 heavy (non-hydrogen) atoms. The molecule has 14 nitrogen and oxygen atoms in total. The first-order chi connectivity index (χ1) is 15.7. The summed E-state index contributed by atoms with van der Waals surface area (Å²) in [6.45, 7) is 2.53. The Balaban J connectivity index is 1.70. The molecule has 0 fully saturated rings. The summed E-state index contributed by atoms with van der Waals surface area (Å²) in [7, 11) is 2.93. The Hall–Kier alpha value is -3.56. The summed E-state index contributed by atoms with van der Waals surface area (Å²) in [5.74, 6) is -0.766. The summed E-state index contributed by atoms with van der Waals surface area (Å²) in [5, 5.41) is 0. The van der Waals surface area contributed by atoms with Crippen LogP contribution in [0.1, 0.15) is 18.4 Å². The van der Waals surface area contributed by atoms with Gasteiger partial charge in [0, 0.05) is 14.2 Å². The number of carbonyl (C=O) groups is 1. The van der Waals surface area contributed by atoms with Gasteiger partial charge in [0.25, 0.3) is 0 Å². The quantitative estimate of drug-likeness (QED) is 0.240. The van der Waals surface area contributed by atoms with Crippen molar-refractivity contribution in [1.82, 2.24) is 25.0 Å². The van der Waals surface area contributed by atoms with Crippen LogP contribution in [0.3, 0.4) is 0 Å². The molecule has 3 aromatic rings. The largest absolute Gasteiger partial charge is 0.519 e. The lowest BCUT2D eigenvalue weighted by Gasteiger charge is -2.35. The topological polar surface area (TPSA) is 179 Å². The number of aromatic nitrogens is 4. The zero-order valence-corrected chi connectivity index (χ0v) is 18.3. The van der Waals surface area contributed by atoms with Gasteiger partial charge in [0.2, 0.25) is 0 Å².